The van der Waals surface area contributed by atoms with Gasteiger partial charge in [0.05, 0.1) is 11.3 Å². The summed E-state index contributed by atoms with van der Waals surface area (Å²) in [5.74, 6) is -0.441. The smallest absolute Gasteiger partial charge is 0.291 e. The van der Waals surface area contributed by atoms with Crippen molar-refractivity contribution in [2.45, 2.75) is 6.92 Å². The van der Waals surface area contributed by atoms with Crippen LogP contribution < -0.4 is 10.2 Å². The van der Waals surface area contributed by atoms with E-state index < -0.39 is 5.91 Å². The molecule has 2 amide bonds. The van der Waals surface area contributed by atoms with Gasteiger partial charge in [0, 0.05) is 12.2 Å². The molecule has 0 aliphatic rings. The zero-order chi connectivity index (χ0) is 18.5. The van der Waals surface area contributed by atoms with Crippen molar-refractivity contribution >= 4 is 39.1 Å². The minimum Gasteiger partial charge on any atom is -0.444 e. The number of nitrogens with zero attached hydrogens (tertiary/aromatic N) is 1. The summed E-state index contributed by atoms with van der Waals surface area (Å²) in [4.78, 5) is 27.1. The van der Waals surface area contributed by atoms with E-state index in [-0.39, 0.29) is 11.7 Å². The fourth-order valence-electron chi connectivity index (χ4n) is 2.60. The third-order valence-electron chi connectivity index (χ3n) is 3.83. The molecule has 3 rings (SSSR count). The second-order valence-electron chi connectivity index (χ2n) is 5.49. The molecule has 0 bridgehead atoms. The van der Waals surface area contributed by atoms with Gasteiger partial charge in [-0.05, 0) is 59.3 Å². The van der Waals surface area contributed by atoms with Gasteiger partial charge in [0.1, 0.15) is 0 Å². The van der Waals surface area contributed by atoms with Gasteiger partial charge in [0.15, 0.2) is 10.4 Å². The number of amides is 2. The van der Waals surface area contributed by atoms with Crippen molar-refractivity contribution in [1.82, 2.24) is 0 Å². The molecule has 6 heteroatoms. The lowest BCUT2D eigenvalue weighted by atomic mass is 10.1. The first-order valence-corrected chi connectivity index (χ1v) is 8.92. The zero-order valence-corrected chi connectivity index (χ0v) is 15.7. The number of furan rings is 1. The Labute approximate surface area is 159 Å². The minimum atomic E-state index is -0.418. The van der Waals surface area contributed by atoms with Gasteiger partial charge in [0.25, 0.3) is 11.8 Å². The molecule has 132 valence electrons. The highest BCUT2D eigenvalue weighted by Gasteiger charge is 2.20. The molecule has 0 atom stereocenters. The van der Waals surface area contributed by atoms with Crippen LogP contribution in [0, 0.1) is 0 Å². The van der Waals surface area contributed by atoms with Crippen LogP contribution in [-0.4, -0.2) is 18.4 Å². The second-order valence-corrected chi connectivity index (χ2v) is 6.27. The SMILES string of the molecule is CCN(C(=O)c1ccccc1NC(=O)c1ccc(Br)o1)c1ccccc1. The Hall–Kier alpha value is -2.86. The van der Waals surface area contributed by atoms with Crippen molar-refractivity contribution in [1.29, 1.82) is 0 Å². The summed E-state index contributed by atoms with van der Waals surface area (Å²) in [6, 6.07) is 19.6. The molecule has 2 aromatic carbocycles. The molecule has 26 heavy (non-hydrogen) atoms. The number of nitrogens with one attached hydrogen (secondary N) is 1. The van der Waals surface area contributed by atoms with Crippen LogP contribution in [0.4, 0.5) is 11.4 Å². The van der Waals surface area contributed by atoms with Crippen LogP contribution in [0.3, 0.4) is 0 Å². The van der Waals surface area contributed by atoms with Crippen LogP contribution in [0.5, 0.6) is 0 Å². The van der Waals surface area contributed by atoms with E-state index in [1.807, 2.05) is 37.3 Å². The normalized spacial score (nSPS) is 10.4. The highest BCUT2D eigenvalue weighted by Crippen LogP contribution is 2.23. The summed E-state index contributed by atoms with van der Waals surface area (Å²) >= 11 is 3.17. The molecule has 0 fully saturated rings. The van der Waals surface area contributed by atoms with Crippen LogP contribution in [0.15, 0.2) is 75.8 Å². The van der Waals surface area contributed by atoms with E-state index >= 15 is 0 Å². The fourth-order valence-corrected chi connectivity index (χ4v) is 2.90. The van der Waals surface area contributed by atoms with Gasteiger partial charge in [-0.2, -0.15) is 0 Å². The van der Waals surface area contributed by atoms with Crippen LogP contribution >= 0.6 is 15.9 Å². The fraction of sp³-hybridized carbons (Fsp3) is 0.100. The maximum Gasteiger partial charge on any atom is 0.291 e. The number of carbonyl (C=O) groups excluding carboxylic acids is 2. The lowest BCUT2D eigenvalue weighted by Gasteiger charge is -2.22. The highest BCUT2D eigenvalue weighted by molar-refractivity contribution is 9.10. The Morgan fingerprint density at radius 3 is 2.35 bits per heavy atom. The average Bonchev–Trinajstić information content (AvgIpc) is 3.10. The number of benzene rings is 2. The predicted octanol–water partition coefficient (Wildman–Crippen LogP) is 4.96. The summed E-state index contributed by atoms with van der Waals surface area (Å²) in [7, 11) is 0. The summed E-state index contributed by atoms with van der Waals surface area (Å²) in [6.45, 7) is 2.42. The van der Waals surface area contributed by atoms with Crippen molar-refractivity contribution in [2.24, 2.45) is 0 Å². The number of rotatable bonds is 5. The molecule has 1 aromatic heterocycles. The van der Waals surface area contributed by atoms with Crippen LogP contribution in [0.25, 0.3) is 0 Å². The third-order valence-corrected chi connectivity index (χ3v) is 4.26. The van der Waals surface area contributed by atoms with E-state index in [9.17, 15) is 9.59 Å². The molecule has 0 aliphatic heterocycles. The van der Waals surface area contributed by atoms with Gasteiger partial charge < -0.3 is 14.6 Å². The van der Waals surface area contributed by atoms with E-state index in [1.54, 1.807) is 41.3 Å². The first-order valence-electron chi connectivity index (χ1n) is 8.12. The Balaban J connectivity index is 1.88. The molecule has 1 heterocycles. The van der Waals surface area contributed by atoms with Gasteiger partial charge in [-0.3, -0.25) is 9.59 Å². The summed E-state index contributed by atoms with van der Waals surface area (Å²) in [6.07, 6.45) is 0. The predicted molar refractivity (Wildman–Crippen MR) is 105 cm³/mol. The van der Waals surface area contributed by atoms with Crippen LogP contribution in [-0.2, 0) is 0 Å². The van der Waals surface area contributed by atoms with Crippen molar-refractivity contribution in [3.05, 3.63) is 82.7 Å². The lowest BCUT2D eigenvalue weighted by molar-refractivity contribution is 0.0989. The van der Waals surface area contributed by atoms with E-state index in [2.05, 4.69) is 21.2 Å². The molecule has 0 aliphatic carbocycles. The van der Waals surface area contributed by atoms with Crippen molar-refractivity contribution in [2.75, 3.05) is 16.8 Å². The van der Waals surface area contributed by atoms with Crippen LogP contribution in [0.1, 0.15) is 27.8 Å². The van der Waals surface area contributed by atoms with Crippen molar-refractivity contribution in [3.8, 4) is 0 Å². The number of carbonyl (C=O) groups is 2. The molecule has 0 spiro atoms. The number of para-hydroxylation sites is 2. The zero-order valence-electron chi connectivity index (χ0n) is 14.1. The second kappa shape index (κ2) is 8.01. The Morgan fingerprint density at radius 1 is 1.00 bits per heavy atom. The Morgan fingerprint density at radius 2 is 1.69 bits per heavy atom. The molecule has 0 unspecified atom stereocenters. The first-order chi connectivity index (χ1) is 12.6. The molecular weight excluding hydrogens is 396 g/mol. The number of hydrogen-bond acceptors (Lipinski definition) is 3. The molecule has 5 nitrogen and oxygen atoms in total. The number of anilines is 2. The quantitative estimate of drug-likeness (QED) is 0.643. The van der Waals surface area contributed by atoms with Gasteiger partial charge in [0.2, 0.25) is 0 Å². The molecule has 0 saturated carbocycles. The van der Waals surface area contributed by atoms with Crippen molar-refractivity contribution in [3.63, 3.8) is 0 Å². The Kier molecular flexibility index (Phi) is 5.53. The van der Waals surface area contributed by atoms with E-state index in [0.717, 1.165) is 5.69 Å². The summed E-state index contributed by atoms with van der Waals surface area (Å²) in [5.41, 5.74) is 1.65. The Bertz CT molecular complexity index is 922. The van der Waals surface area contributed by atoms with Gasteiger partial charge in [-0.15, -0.1) is 0 Å². The van der Waals surface area contributed by atoms with E-state index in [0.29, 0.717) is 22.5 Å². The number of halogens is 1. The van der Waals surface area contributed by atoms with Gasteiger partial charge >= 0.3 is 0 Å². The van der Waals surface area contributed by atoms with Gasteiger partial charge in [-0.1, -0.05) is 30.3 Å². The highest BCUT2D eigenvalue weighted by atomic mass is 79.9. The maximum absolute atomic E-state index is 13.1. The summed E-state index contributed by atoms with van der Waals surface area (Å²) < 4.78 is 5.73. The van der Waals surface area contributed by atoms with E-state index in [1.165, 1.54) is 0 Å². The minimum absolute atomic E-state index is 0.162. The topological polar surface area (TPSA) is 62.6 Å². The molecule has 0 radical (unpaired) electrons. The summed E-state index contributed by atoms with van der Waals surface area (Å²) in [5, 5.41) is 2.75. The standard InChI is InChI=1S/C20H17BrN2O3/c1-2-23(14-8-4-3-5-9-14)20(25)15-10-6-7-11-16(15)22-19(24)17-12-13-18(21)26-17/h3-13H,2H2,1H3,(H,22,24). The lowest BCUT2D eigenvalue weighted by Crippen LogP contribution is -2.31. The monoisotopic (exact) mass is 412 g/mol. The number of hydrogen-bond donors (Lipinski definition) is 1. The van der Waals surface area contributed by atoms with Crippen molar-refractivity contribution < 1.29 is 14.0 Å². The first kappa shape index (κ1) is 17.9. The third kappa shape index (κ3) is 3.86. The molecular formula is C20H17BrN2O3. The van der Waals surface area contributed by atoms with Gasteiger partial charge in [-0.25, -0.2) is 0 Å². The maximum atomic E-state index is 13.1. The largest absolute Gasteiger partial charge is 0.444 e. The van der Waals surface area contributed by atoms with E-state index in [4.69, 9.17) is 4.42 Å². The molecule has 1 N–H and O–H groups in total. The average molecular weight is 413 g/mol. The molecule has 0 saturated heterocycles. The van der Waals surface area contributed by atoms with Crippen LogP contribution in [0.2, 0.25) is 0 Å². The molecule has 3 aromatic rings.